The van der Waals surface area contributed by atoms with Crippen molar-refractivity contribution >= 4 is 23.6 Å². The molecule has 2 saturated heterocycles. The van der Waals surface area contributed by atoms with E-state index >= 15 is 0 Å². The van der Waals surface area contributed by atoms with Gasteiger partial charge in [0.05, 0.1) is 4.87 Å². The van der Waals surface area contributed by atoms with E-state index in [2.05, 4.69) is 12.1 Å². The van der Waals surface area contributed by atoms with Gasteiger partial charge in [-0.15, -0.1) is 11.8 Å². The van der Waals surface area contributed by atoms with Crippen LogP contribution in [0.3, 0.4) is 0 Å². The van der Waals surface area contributed by atoms with E-state index in [4.69, 9.17) is 4.74 Å². The monoisotopic (exact) mass is 367 g/mol. The van der Waals surface area contributed by atoms with Crippen molar-refractivity contribution in [2.45, 2.75) is 37.3 Å². The van der Waals surface area contributed by atoms with Gasteiger partial charge in [-0.2, -0.15) is 0 Å². The van der Waals surface area contributed by atoms with E-state index in [0.717, 1.165) is 23.1 Å². The Morgan fingerprint density at radius 2 is 1.85 bits per heavy atom. The van der Waals surface area contributed by atoms with Crippen molar-refractivity contribution in [1.82, 2.24) is 4.90 Å². The minimum atomic E-state index is -0.455. The van der Waals surface area contributed by atoms with Crippen LogP contribution >= 0.6 is 11.8 Å². The Kier molecular flexibility index (Phi) is 4.49. The molecule has 0 radical (unpaired) electrons. The van der Waals surface area contributed by atoms with Crippen molar-refractivity contribution in [3.63, 3.8) is 0 Å². The second-order valence-corrected chi connectivity index (χ2v) is 8.44. The molecule has 5 heteroatoms. The smallest absolute Gasteiger partial charge is 0.330 e. The van der Waals surface area contributed by atoms with Crippen molar-refractivity contribution < 1.29 is 14.3 Å². The summed E-state index contributed by atoms with van der Waals surface area (Å²) >= 11 is 1.68. The number of nitrogens with zero attached hydrogens (tertiary/aromatic N) is 1. The summed E-state index contributed by atoms with van der Waals surface area (Å²) in [6.07, 6.45) is 1.33. The summed E-state index contributed by atoms with van der Waals surface area (Å²) in [4.78, 5) is 26.1. The summed E-state index contributed by atoms with van der Waals surface area (Å²) in [7, 11) is 0. The molecule has 1 amide bonds. The number of rotatable bonds is 4. The molecule has 2 aliphatic heterocycles. The number of fused-ring (bicyclic) bond motifs is 1. The first-order valence-corrected chi connectivity index (χ1v) is 9.82. The summed E-state index contributed by atoms with van der Waals surface area (Å²) < 4.78 is 5.51. The van der Waals surface area contributed by atoms with E-state index in [0.29, 0.717) is 12.2 Å². The Hall–Kier alpha value is -2.27. The molecule has 26 heavy (non-hydrogen) atoms. The lowest BCUT2D eigenvalue weighted by atomic mass is 10.0. The molecule has 2 atom stereocenters. The van der Waals surface area contributed by atoms with Gasteiger partial charge in [0, 0.05) is 12.2 Å². The molecule has 2 fully saturated rings. The molecule has 2 aromatic rings. The standard InChI is InChI=1S/C21H21NO3S/c1-21-12-11-19(23)22(21)18(14-26-21)20(24)25-13-15-7-9-17(10-8-15)16-5-3-2-4-6-16/h2-10,18H,11-14H2,1H3/t18-,21+/m1/s1. The summed E-state index contributed by atoms with van der Waals surface area (Å²) in [6, 6.07) is 17.7. The van der Waals surface area contributed by atoms with Gasteiger partial charge in [0.15, 0.2) is 0 Å². The van der Waals surface area contributed by atoms with Crippen molar-refractivity contribution in [3.05, 3.63) is 60.2 Å². The highest BCUT2D eigenvalue weighted by Gasteiger charge is 2.53. The predicted molar refractivity (Wildman–Crippen MR) is 102 cm³/mol. The quantitative estimate of drug-likeness (QED) is 0.770. The molecule has 0 spiro atoms. The molecule has 0 unspecified atom stereocenters. The average molecular weight is 367 g/mol. The van der Waals surface area contributed by atoms with Gasteiger partial charge < -0.3 is 9.64 Å². The summed E-state index contributed by atoms with van der Waals surface area (Å²) in [5, 5.41) is 0. The fourth-order valence-corrected chi connectivity index (χ4v) is 5.09. The van der Waals surface area contributed by atoms with E-state index in [1.807, 2.05) is 49.4 Å². The van der Waals surface area contributed by atoms with Crippen LogP contribution in [0.4, 0.5) is 0 Å². The highest BCUT2D eigenvalue weighted by Crippen LogP contribution is 2.47. The number of esters is 1. The van der Waals surface area contributed by atoms with Crippen LogP contribution < -0.4 is 0 Å². The summed E-state index contributed by atoms with van der Waals surface area (Å²) in [6.45, 7) is 2.27. The topological polar surface area (TPSA) is 46.6 Å². The van der Waals surface area contributed by atoms with Gasteiger partial charge >= 0.3 is 5.97 Å². The SMILES string of the molecule is C[C@]12CCC(=O)N1[C@@H](C(=O)OCc1ccc(-c3ccccc3)cc1)CS2. The van der Waals surface area contributed by atoms with Crippen LogP contribution in [0.15, 0.2) is 54.6 Å². The molecule has 134 valence electrons. The van der Waals surface area contributed by atoms with Gasteiger partial charge in [0.2, 0.25) is 5.91 Å². The zero-order valence-corrected chi connectivity index (χ0v) is 15.5. The minimum Gasteiger partial charge on any atom is -0.459 e. The number of amides is 1. The maximum Gasteiger partial charge on any atom is 0.330 e. The van der Waals surface area contributed by atoms with Gasteiger partial charge in [-0.3, -0.25) is 4.79 Å². The highest BCUT2D eigenvalue weighted by molar-refractivity contribution is 8.01. The number of carbonyl (C=O) groups is 2. The molecule has 0 N–H and O–H groups in total. The van der Waals surface area contributed by atoms with Crippen LogP contribution in [-0.2, 0) is 20.9 Å². The molecule has 0 aromatic heterocycles. The van der Waals surface area contributed by atoms with Gasteiger partial charge in [-0.05, 0) is 30.0 Å². The number of ether oxygens (including phenoxy) is 1. The molecule has 4 nitrogen and oxygen atoms in total. The van der Waals surface area contributed by atoms with Crippen LogP contribution in [0.1, 0.15) is 25.3 Å². The van der Waals surface area contributed by atoms with E-state index < -0.39 is 6.04 Å². The van der Waals surface area contributed by atoms with Crippen LogP contribution in [0.5, 0.6) is 0 Å². The van der Waals surface area contributed by atoms with Gasteiger partial charge in [0.1, 0.15) is 12.6 Å². The first-order valence-electron chi connectivity index (χ1n) is 8.84. The zero-order chi connectivity index (χ0) is 18.1. The molecular weight excluding hydrogens is 346 g/mol. The Labute approximate surface area is 157 Å². The first kappa shape index (κ1) is 17.2. The normalized spacial score (nSPS) is 24.6. The lowest BCUT2D eigenvalue weighted by Gasteiger charge is -2.29. The van der Waals surface area contributed by atoms with E-state index in [1.54, 1.807) is 16.7 Å². The summed E-state index contributed by atoms with van der Waals surface area (Å²) in [5.74, 6) is 0.379. The Morgan fingerprint density at radius 3 is 2.58 bits per heavy atom. The van der Waals surface area contributed by atoms with Gasteiger partial charge in [-0.1, -0.05) is 54.6 Å². The molecule has 0 aliphatic carbocycles. The van der Waals surface area contributed by atoms with Crippen molar-refractivity contribution in [1.29, 1.82) is 0 Å². The zero-order valence-electron chi connectivity index (χ0n) is 14.7. The number of carbonyl (C=O) groups excluding carboxylic acids is 2. The van der Waals surface area contributed by atoms with E-state index in [9.17, 15) is 9.59 Å². The highest BCUT2D eigenvalue weighted by atomic mass is 32.2. The fourth-order valence-electron chi connectivity index (χ4n) is 3.67. The van der Waals surface area contributed by atoms with Crippen LogP contribution in [0.25, 0.3) is 11.1 Å². The molecule has 0 saturated carbocycles. The molecular formula is C21H21NO3S. The lowest BCUT2D eigenvalue weighted by molar-refractivity contribution is -0.154. The maximum atomic E-state index is 12.5. The lowest BCUT2D eigenvalue weighted by Crippen LogP contribution is -2.46. The van der Waals surface area contributed by atoms with Crippen molar-refractivity contribution in [2.75, 3.05) is 5.75 Å². The molecule has 4 rings (SSSR count). The number of hydrogen-bond donors (Lipinski definition) is 0. The molecule has 2 aromatic carbocycles. The van der Waals surface area contributed by atoms with Crippen molar-refractivity contribution in [3.8, 4) is 11.1 Å². The third kappa shape index (κ3) is 3.12. The van der Waals surface area contributed by atoms with E-state index in [1.165, 1.54) is 0 Å². The second kappa shape index (κ2) is 6.80. The van der Waals surface area contributed by atoms with E-state index in [-0.39, 0.29) is 23.4 Å². The number of benzene rings is 2. The number of hydrogen-bond acceptors (Lipinski definition) is 4. The van der Waals surface area contributed by atoms with Gasteiger partial charge in [-0.25, -0.2) is 4.79 Å². The Morgan fingerprint density at radius 1 is 1.15 bits per heavy atom. The van der Waals surface area contributed by atoms with Crippen LogP contribution in [0, 0.1) is 0 Å². The average Bonchev–Trinajstić information content (AvgIpc) is 3.17. The van der Waals surface area contributed by atoms with Crippen LogP contribution in [-0.4, -0.2) is 33.4 Å². The second-order valence-electron chi connectivity index (χ2n) is 6.94. The van der Waals surface area contributed by atoms with Gasteiger partial charge in [0.25, 0.3) is 0 Å². The fraction of sp³-hybridized carbons (Fsp3) is 0.333. The minimum absolute atomic E-state index is 0.0617. The molecule has 2 heterocycles. The van der Waals surface area contributed by atoms with Crippen LogP contribution in [0.2, 0.25) is 0 Å². The first-order chi connectivity index (χ1) is 12.6. The molecule has 2 aliphatic rings. The largest absolute Gasteiger partial charge is 0.459 e. The maximum absolute atomic E-state index is 12.5. The Bertz CT molecular complexity index is 821. The predicted octanol–water partition coefficient (Wildman–Crippen LogP) is 3.85. The third-order valence-electron chi connectivity index (χ3n) is 5.16. The summed E-state index contributed by atoms with van der Waals surface area (Å²) in [5.41, 5.74) is 3.23. The molecule has 0 bridgehead atoms. The third-order valence-corrected chi connectivity index (χ3v) is 6.66. The number of thioether (sulfide) groups is 1. The Balaban J connectivity index is 1.38. The van der Waals surface area contributed by atoms with Crippen molar-refractivity contribution in [2.24, 2.45) is 0 Å².